The number of anilines is 1. The molecule has 1 aromatic rings. The Labute approximate surface area is 120 Å². The van der Waals surface area contributed by atoms with Gasteiger partial charge in [-0.2, -0.15) is 13.2 Å². The van der Waals surface area contributed by atoms with E-state index in [1.54, 1.807) is 6.92 Å². The third-order valence-electron chi connectivity index (χ3n) is 4.04. The molecule has 1 atom stereocenters. The van der Waals surface area contributed by atoms with Crippen molar-refractivity contribution < 1.29 is 18.0 Å². The predicted molar refractivity (Wildman–Crippen MR) is 73.5 cm³/mol. The minimum Gasteiger partial charge on any atom is -0.370 e. The van der Waals surface area contributed by atoms with Crippen molar-refractivity contribution in [2.45, 2.75) is 26.1 Å². The number of nitrogens with zero attached hydrogens (tertiary/aromatic N) is 1. The van der Waals surface area contributed by atoms with Crippen LogP contribution in [-0.4, -0.2) is 19.0 Å². The van der Waals surface area contributed by atoms with E-state index in [0.29, 0.717) is 30.8 Å². The monoisotopic (exact) mass is 301 g/mol. The minimum absolute atomic E-state index is 0.00301. The van der Waals surface area contributed by atoms with Crippen LogP contribution >= 0.6 is 0 Å². The average Bonchev–Trinajstić information content (AvgIpc) is 2.81. The Kier molecular flexibility index (Phi) is 3.88. The van der Waals surface area contributed by atoms with Crippen LogP contribution in [0.4, 0.5) is 18.9 Å². The predicted octanol–water partition coefficient (Wildman–Crippen LogP) is 1.87. The lowest BCUT2D eigenvalue weighted by atomic mass is 9.89. The normalized spacial score (nSPS) is 22.6. The van der Waals surface area contributed by atoms with Gasteiger partial charge in [-0.1, -0.05) is 0 Å². The fraction of sp³-hybridized carbons (Fsp3) is 0.500. The summed E-state index contributed by atoms with van der Waals surface area (Å²) in [6, 6.07) is 3.52. The third kappa shape index (κ3) is 2.97. The second kappa shape index (κ2) is 5.22. The summed E-state index contributed by atoms with van der Waals surface area (Å²) < 4.78 is 38.2. The first-order valence-electron chi connectivity index (χ1n) is 6.62. The Morgan fingerprint density at radius 3 is 2.57 bits per heavy atom. The van der Waals surface area contributed by atoms with Crippen LogP contribution in [0.3, 0.4) is 0 Å². The molecule has 4 nitrogen and oxygen atoms in total. The zero-order valence-corrected chi connectivity index (χ0v) is 11.7. The van der Waals surface area contributed by atoms with Crippen molar-refractivity contribution in [2.24, 2.45) is 16.9 Å². The molecule has 1 aliphatic heterocycles. The average molecular weight is 301 g/mol. The third-order valence-corrected chi connectivity index (χ3v) is 4.04. The molecule has 1 saturated heterocycles. The SMILES string of the molecule is CC1(C(N)=O)CCN(c2ccc(C(F)(F)F)cc2CN)C1. The van der Waals surface area contributed by atoms with Crippen LogP contribution in [-0.2, 0) is 17.5 Å². The van der Waals surface area contributed by atoms with E-state index in [-0.39, 0.29) is 6.54 Å². The van der Waals surface area contributed by atoms with E-state index in [0.717, 1.165) is 12.1 Å². The Morgan fingerprint density at radius 1 is 1.43 bits per heavy atom. The maximum Gasteiger partial charge on any atom is 0.416 e. The van der Waals surface area contributed by atoms with Gasteiger partial charge in [-0.15, -0.1) is 0 Å². The molecule has 1 amide bonds. The van der Waals surface area contributed by atoms with Crippen molar-refractivity contribution in [2.75, 3.05) is 18.0 Å². The number of nitrogens with two attached hydrogens (primary N) is 2. The highest BCUT2D eigenvalue weighted by Crippen LogP contribution is 2.37. The van der Waals surface area contributed by atoms with Gasteiger partial charge in [-0.25, -0.2) is 0 Å². The number of primary amides is 1. The van der Waals surface area contributed by atoms with Gasteiger partial charge in [0.25, 0.3) is 0 Å². The number of carbonyl (C=O) groups is 1. The minimum atomic E-state index is -4.39. The van der Waals surface area contributed by atoms with Gasteiger partial charge in [0.2, 0.25) is 5.91 Å². The van der Waals surface area contributed by atoms with E-state index in [1.807, 2.05) is 4.90 Å². The summed E-state index contributed by atoms with van der Waals surface area (Å²) in [5.74, 6) is -0.397. The van der Waals surface area contributed by atoms with Crippen LogP contribution in [0.1, 0.15) is 24.5 Å². The Bertz CT molecular complexity index is 559. The van der Waals surface area contributed by atoms with Crippen LogP contribution < -0.4 is 16.4 Å². The number of hydrogen-bond donors (Lipinski definition) is 2. The summed E-state index contributed by atoms with van der Waals surface area (Å²) in [5, 5.41) is 0. The van der Waals surface area contributed by atoms with Crippen molar-refractivity contribution in [3.05, 3.63) is 29.3 Å². The van der Waals surface area contributed by atoms with E-state index < -0.39 is 23.1 Å². The summed E-state index contributed by atoms with van der Waals surface area (Å²) in [5.41, 5.74) is 10.6. The molecule has 0 spiro atoms. The molecule has 4 N–H and O–H groups in total. The molecule has 1 heterocycles. The van der Waals surface area contributed by atoms with E-state index in [1.165, 1.54) is 6.07 Å². The molecule has 2 rings (SSSR count). The molecule has 0 aliphatic carbocycles. The Morgan fingerprint density at radius 2 is 2.10 bits per heavy atom. The molecule has 7 heteroatoms. The largest absolute Gasteiger partial charge is 0.416 e. The summed E-state index contributed by atoms with van der Waals surface area (Å²) in [7, 11) is 0. The highest BCUT2D eigenvalue weighted by atomic mass is 19.4. The molecular weight excluding hydrogens is 283 g/mol. The highest BCUT2D eigenvalue weighted by Gasteiger charge is 2.39. The quantitative estimate of drug-likeness (QED) is 0.895. The zero-order valence-electron chi connectivity index (χ0n) is 11.7. The molecule has 1 aromatic carbocycles. The number of rotatable bonds is 3. The molecule has 21 heavy (non-hydrogen) atoms. The van der Waals surface area contributed by atoms with Crippen LogP contribution in [0.5, 0.6) is 0 Å². The Hall–Kier alpha value is -1.76. The number of benzene rings is 1. The van der Waals surface area contributed by atoms with Gasteiger partial charge in [-0.05, 0) is 37.1 Å². The van der Waals surface area contributed by atoms with Gasteiger partial charge in [0, 0.05) is 25.3 Å². The standard InChI is InChI=1S/C14H18F3N3O/c1-13(12(19)21)4-5-20(8-13)11-3-2-10(14(15,16)17)6-9(11)7-18/h2-3,6H,4-5,7-8,18H2,1H3,(H2,19,21). The van der Waals surface area contributed by atoms with Gasteiger partial charge in [-0.3, -0.25) is 4.79 Å². The lowest BCUT2D eigenvalue weighted by Crippen LogP contribution is -2.37. The van der Waals surface area contributed by atoms with E-state index >= 15 is 0 Å². The van der Waals surface area contributed by atoms with Crippen LogP contribution in [0.2, 0.25) is 0 Å². The molecular formula is C14H18F3N3O. The Balaban J connectivity index is 2.31. The van der Waals surface area contributed by atoms with Gasteiger partial charge < -0.3 is 16.4 Å². The van der Waals surface area contributed by atoms with Gasteiger partial charge in [0.1, 0.15) is 0 Å². The molecule has 0 bridgehead atoms. The second-order valence-corrected chi connectivity index (χ2v) is 5.64. The van der Waals surface area contributed by atoms with Crippen molar-refractivity contribution in [1.82, 2.24) is 0 Å². The fourth-order valence-corrected chi connectivity index (χ4v) is 2.60. The molecule has 0 radical (unpaired) electrons. The van der Waals surface area contributed by atoms with Gasteiger partial charge in [0.15, 0.2) is 0 Å². The number of carbonyl (C=O) groups excluding carboxylic acids is 1. The first-order valence-corrected chi connectivity index (χ1v) is 6.62. The fourth-order valence-electron chi connectivity index (χ4n) is 2.60. The first-order chi connectivity index (χ1) is 9.67. The number of hydrogen-bond acceptors (Lipinski definition) is 3. The molecule has 0 saturated carbocycles. The van der Waals surface area contributed by atoms with Crippen molar-refractivity contribution >= 4 is 11.6 Å². The second-order valence-electron chi connectivity index (χ2n) is 5.64. The zero-order chi connectivity index (χ0) is 15.8. The van der Waals surface area contributed by atoms with Crippen molar-refractivity contribution in [3.8, 4) is 0 Å². The summed E-state index contributed by atoms with van der Waals surface area (Å²) >= 11 is 0. The molecule has 1 fully saturated rings. The lowest BCUT2D eigenvalue weighted by Gasteiger charge is -2.25. The first kappa shape index (κ1) is 15.6. The van der Waals surface area contributed by atoms with E-state index in [9.17, 15) is 18.0 Å². The summed E-state index contributed by atoms with van der Waals surface area (Å²) in [6.45, 7) is 2.73. The van der Waals surface area contributed by atoms with Gasteiger partial charge >= 0.3 is 6.18 Å². The van der Waals surface area contributed by atoms with Crippen LogP contribution in [0.15, 0.2) is 18.2 Å². The summed E-state index contributed by atoms with van der Waals surface area (Å²) in [4.78, 5) is 13.3. The van der Waals surface area contributed by atoms with Crippen LogP contribution in [0.25, 0.3) is 0 Å². The highest BCUT2D eigenvalue weighted by molar-refractivity contribution is 5.82. The van der Waals surface area contributed by atoms with Gasteiger partial charge in [0.05, 0.1) is 11.0 Å². The number of halogens is 3. The maximum absolute atomic E-state index is 12.7. The molecule has 116 valence electrons. The maximum atomic E-state index is 12.7. The smallest absolute Gasteiger partial charge is 0.370 e. The lowest BCUT2D eigenvalue weighted by molar-refractivity contribution is -0.137. The number of alkyl halides is 3. The molecule has 1 unspecified atom stereocenters. The van der Waals surface area contributed by atoms with E-state index in [4.69, 9.17) is 11.5 Å². The van der Waals surface area contributed by atoms with Crippen molar-refractivity contribution in [1.29, 1.82) is 0 Å². The van der Waals surface area contributed by atoms with E-state index in [2.05, 4.69) is 0 Å². The van der Waals surface area contributed by atoms with Crippen molar-refractivity contribution in [3.63, 3.8) is 0 Å². The van der Waals surface area contributed by atoms with Crippen LogP contribution in [0, 0.1) is 5.41 Å². The number of amides is 1. The topological polar surface area (TPSA) is 72.4 Å². The molecule has 1 aliphatic rings. The summed E-state index contributed by atoms with van der Waals surface area (Å²) in [6.07, 6.45) is -3.82. The molecule has 0 aromatic heterocycles.